The highest BCUT2D eigenvalue weighted by atomic mass is 32.2. The zero-order chi connectivity index (χ0) is 22.0. The van der Waals surface area contributed by atoms with Crippen LogP contribution in [-0.2, 0) is 29.4 Å². The Morgan fingerprint density at radius 3 is 2.74 bits per heavy atom. The van der Waals surface area contributed by atoms with Crippen molar-refractivity contribution in [3.63, 3.8) is 0 Å². The van der Waals surface area contributed by atoms with Gasteiger partial charge in [0.05, 0.1) is 18.4 Å². The number of fused-ring (bicyclic) bond motifs is 1. The van der Waals surface area contributed by atoms with Crippen LogP contribution in [0.3, 0.4) is 0 Å². The van der Waals surface area contributed by atoms with Crippen LogP contribution in [-0.4, -0.2) is 39.5 Å². The molecule has 0 bridgehead atoms. The number of thioether (sulfide) groups is 1. The van der Waals surface area contributed by atoms with Gasteiger partial charge >= 0.3 is 5.97 Å². The van der Waals surface area contributed by atoms with Crippen LogP contribution in [0.25, 0.3) is 0 Å². The number of rotatable bonds is 6. The van der Waals surface area contributed by atoms with Gasteiger partial charge in [0.1, 0.15) is 10.8 Å². The molecule has 9 heteroatoms. The second-order valence-electron chi connectivity index (χ2n) is 8.62. The topological polar surface area (TPSA) is 86.1 Å². The molecule has 1 saturated carbocycles. The zero-order valence-electron chi connectivity index (χ0n) is 18.4. The van der Waals surface area contributed by atoms with Crippen molar-refractivity contribution in [1.29, 1.82) is 0 Å². The molecule has 2 aromatic rings. The third kappa shape index (κ3) is 4.82. The Kier molecular flexibility index (Phi) is 7.01. The fourth-order valence-corrected chi connectivity index (χ4v) is 6.75. The number of carbonyl (C=O) groups excluding carboxylic acids is 2. The maximum absolute atomic E-state index is 12.7. The number of nitrogens with zero attached hydrogens (tertiary/aromatic N) is 3. The average Bonchev–Trinajstić information content (AvgIpc) is 3.31. The van der Waals surface area contributed by atoms with Crippen molar-refractivity contribution in [2.24, 2.45) is 13.0 Å². The van der Waals surface area contributed by atoms with E-state index in [0.717, 1.165) is 48.6 Å². The van der Waals surface area contributed by atoms with Crippen LogP contribution < -0.4 is 5.32 Å². The van der Waals surface area contributed by atoms with Gasteiger partial charge in [-0.05, 0) is 43.6 Å². The second-order valence-corrected chi connectivity index (χ2v) is 10.7. The van der Waals surface area contributed by atoms with Crippen molar-refractivity contribution in [3.05, 3.63) is 21.8 Å². The number of esters is 1. The van der Waals surface area contributed by atoms with Crippen molar-refractivity contribution >= 4 is 40.0 Å². The Morgan fingerprint density at radius 2 is 2.00 bits per heavy atom. The summed E-state index contributed by atoms with van der Waals surface area (Å²) >= 11 is 2.89. The normalized spacial score (nSPS) is 19.1. The summed E-state index contributed by atoms with van der Waals surface area (Å²) in [7, 11) is 3.37. The van der Waals surface area contributed by atoms with Gasteiger partial charge in [0.15, 0.2) is 5.16 Å². The van der Waals surface area contributed by atoms with Crippen LogP contribution in [0.2, 0.25) is 0 Å². The van der Waals surface area contributed by atoms with Gasteiger partial charge in [0.2, 0.25) is 5.91 Å². The monoisotopic (exact) mass is 462 g/mol. The molecule has 2 heterocycles. The van der Waals surface area contributed by atoms with Gasteiger partial charge in [-0.3, -0.25) is 4.79 Å². The minimum atomic E-state index is -0.375. The number of methoxy groups -OCH3 is 1. The summed E-state index contributed by atoms with van der Waals surface area (Å²) in [5, 5.41) is 13.0. The second kappa shape index (κ2) is 9.73. The molecule has 7 nitrogen and oxygen atoms in total. The largest absolute Gasteiger partial charge is 0.465 e. The van der Waals surface area contributed by atoms with Gasteiger partial charge in [-0.25, -0.2) is 4.79 Å². The summed E-state index contributed by atoms with van der Waals surface area (Å²) < 4.78 is 7.03. The molecule has 168 valence electrons. The molecule has 4 rings (SSSR count). The maximum Gasteiger partial charge on any atom is 0.341 e. The summed E-state index contributed by atoms with van der Waals surface area (Å²) in [6, 6.07) is 0. The molecule has 2 aliphatic carbocycles. The van der Waals surface area contributed by atoms with E-state index in [1.54, 1.807) is 0 Å². The predicted molar refractivity (Wildman–Crippen MR) is 123 cm³/mol. The number of carbonyl (C=O) groups is 2. The number of ether oxygens (including phenoxy) is 1. The highest BCUT2D eigenvalue weighted by Gasteiger charge is 2.29. The highest BCUT2D eigenvalue weighted by molar-refractivity contribution is 7.99. The van der Waals surface area contributed by atoms with Crippen molar-refractivity contribution in [1.82, 2.24) is 14.8 Å². The van der Waals surface area contributed by atoms with Crippen molar-refractivity contribution in [3.8, 4) is 0 Å². The van der Waals surface area contributed by atoms with Gasteiger partial charge in [-0.15, -0.1) is 21.5 Å². The smallest absolute Gasteiger partial charge is 0.341 e. The summed E-state index contributed by atoms with van der Waals surface area (Å²) in [5.41, 5.74) is 1.58. The Hall–Kier alpha value is -1.87. The van der Waals surface area contributed by atoms with Crippen molar-refractivity contribution in [2.75, 3.05) is 18.2 Å². The van der Waals surface area contributed by atoms with E-state index < -0.39 is 0 Å². The van der Waals surface area contributed by atoms with E-state index in [1.165, 1.54) is 54.3 Å². The SMILES string of the molecule is COC(=O)c1c(NC(=O)CSc2nnc(C3CCCCC3)n2C)sc2c1CCC(C)C2. The molecule has 1 N–H and O–H groups in total. The van der Waals surface area contributed by atoms with Gasteiger partial charge < -0.3 is 14.6 Å². The number of anilines is 1. The number of hydrogen-bond donors (Lipinski definition) is 1. The summed E-state index contributed by atoms with van der Waals surface area (Å²) in [5.74, 6) is 1.78. The van der Waals surface area contributed by atoms with Crippen LogP contribution >= 0.6 is 23.1 Å². The van der Waals surface area contributed by atoms with Crippen molar-refractivity contribution in [2.45, 2.75) is 69.4 Å². The first-order valence-corrected chi connectivity index (χ1v) is 12.8. The predicted octanol–water partition coefficient (Wildman–Crippen LogP) is 4.57. The number of amides is 1. The standard InChI is InChI=1S/C22H30N4O3S2/c1-13-9-10-15-16(11-13)31-20(18(15)21(28)29-3)23-17(27)12-30-22-25-24-19(26(22)2)14-7-5-4-6-8-14/h13-14H,4-12H2,1-3H3,(H,23,27). The maximum atomic E-state index is 12.7. The lowest BCUT2D eigenvalue weighted by molar-refractivity contribution is -0.113. The van der Waals surface area contributed by atoms with Gasteiger partial charge in [0, 0.05) is 17.8 Å². The lowest BCUT2D eigenvalue weighted by Gasteiger charge is -2.20. The molecule has 1 unspecified atom stereocenters. The Morgan fingerprint density at radius 1 is 1.23 bits per heavy atom. The first-order chi connectivity index (χ1) is 15.0. The van der Waals surface area contributed by atoms with Gasteiger partial charge in [-0.1, -0.05) is 37.9 Å². The zero-order valence-corrected chi connectivity index (χ0v) is 20.0. The summed E-state index contributed by atoms with van der Waals surface area (Å²) in [6.07, 6.45) is 8.96. The van der Waals surface area contributed by atoms with E-state index in [2.05, 4.69) is 22.4 Å². The Bertz CT molecular complexity index is 962. The molecule has 0 aromatic carbocycles. The molecule has 0 saturated heterocycles. The lowest BCUT2D eigenvalue weighted by Crippen LogP contribution is -2.17. The minimum Gasteiger partial charge on any atom is -0.465 e. The molecule has 1 amide bonds. The van der Waals surface area contributed by atoms with E-state index in [0.29, 0.717) is 22.4 Å². The summed E-state index contributed by atoms with van der Waals surface area (Å²) in [4.78, 5) is 26.3. The molecular formula is C22H30N4O3S2. The molecule has 0 radical (unpaired) electrons. The third-order valence-electron chi connectivity index (χ3n) is 6.33. The first kappa shape index (κ1) is 22.3. The Balaban J connectivity index is 1.43. The molecule has 2 aliphatic rings. The number of nitrogens with one attached hydrogen (secondary N) is 1. The van der Waals surface area contributed by atoms with Gasteiger partial charge in [-0.2, -0.15) is 0 Å². The van der Waals surface area contributed by atoms with Gasteiger partial charge in [0.25, 0.3) is 0 Å². The molecule has 1 atom stereocenters. The molecule has 1 fully saturated rings. The van der Waals surface area contributed by atoms with Crippen LogP contribution in [0.4, 0.5) is 5.00 Å². The van der Waals surface area contributed by atoms with Crippen LogP contribution in [0, 0.1) is 5.92 Å². The van der Waals surface area contributed by atoms with E-state index >= 15 is 0 Å². The van der Waals surface area contributed by atoms with E-state index in [1.807, 2.05) is 11.6 Å². The van der Waals surface area contributed by atoms with Crippen LogP contribution in [0.15, 0.2) is 5.16 Å². The summed E-state index contributed by atoms with van der Waals surface area (Å²) in [6.45, 7) is 2.22. The molecular weight excluding hydrogens is 432 g/mol. The van der Waals surface area contributed by atoms with Crippen LogP contribution in [0.5, 0.6) is 0 Å². The number of thiophene rings is 1. The Labute approximate surface area is 191 Å². The minimum absolute atomic E-state index is 0.149. The fraction of sp³-hybridized carbons (Fsp3) is 0.636. The molecule has 0 aliphatic heterocycles. The number of aromatic nitrogens is 3. The van der Waals surface area contributed by atoms with Crippen LogP contribution in [0.1, 0.15) is 78.0 Å². The van der Waals surface area contributed by atoms with Crippen molar-refractivity contribution < 1.29 is 14.3 Å². The fourth-order valence-electron chi connectivity index (χ4n) is 4.62. The number of hydrogen-bond acceptors (Lipinski definition) is 7. The lowest BCUT2D eigenvalue weighted by atomic mass is 9.88. The third-order valence-corrected chi connectivity index (χ3v) is 8.52. The quantitative estimate of drug-likeness (QED) is 0.500. The highest BCUT2D eigenvalue weighted by Crippen LogP contribution is 2.40. The van der Waals surface area contributed by atoms with E-state index in [4.69, 9.17) is 4.74 Å². The molecule has 0 spiro atoms. The first-order valence-electron chi connectivity index (χ1n) is 11.0. The molecule has 2 aromatic heterocycles. The molecule has 31 heavy (non-hydrogen) atoms. The average molecular weight is 463 g/mol. The van der Waals surface area contributed by atoms with E-state index in [-0.39, 0.29) is 17.6 Å². The van der Waals surface area contributed by atoms with E-state index in [9.17, 15) is 9.59 Å².